The predicted octanol–water partition coefficient (Wildman–Crippen LogP) is 1.74. The van der Waals surface area contributed by atoms with E-state index in [9.17, 15) is 4.79 Å². The second kappa shape index (κ2) is 4.15. The van der Waals surface area contributed by atoms with Gasteiger partial charge in [-0.1, -0.05) is 12.1 Å². The SMILES string of the molecule is Cc1nn(C)c2c1C(c1cccc3nonc13)CC(=O)N2. The van der Waals surface area contributed by atoms with E-state index in [1.807, 2.05) is 32.2 Å². The first-order valence-corrected chi connectivity index (χ1v) is 6.69. The van der Waals surface area contributed by atoms with Gasteiger partial charge in [0, 0.05) is 24.9 Å². The van der Waals surface area contributed by atoms with Gasteiger partial charge in [-0.15, -0.1) is 0 Å². The Bertz CT molecular complexity index is 864. The number of benzene rings is 1. The third-order valence-corrected chi connectivity index (χ3v) is 3.96. The lowest BCUT2D eigenvalue weighted by atomic mass is 9.85. The lowest BCUT2D eigenvalue weighted by Crippen LogP contribution is -2.24. The third kappa shape index (κ3) is 1.67. The molecule has 1 aliphatic heterocycles. The Morgan fingerprint density at radius 1 is 1.38 bits per heavy atom. The molecule has 0 fully saturated rings. The summed E-state index contributed by atoms with van der Waals surface area (Å²) in [6, 6.07) is 5.71. The molecular formula is C14H13N5O2. The van der Waals surface area contributed by atoms with Crippen molar-refractivity contribution in [3.05, 3.63) is 35.0 Å². The van der Waals surface area contributed by atoms with Crippen LogP contribution in [0.5, 0.6) is 0 Å². The number of rotatable bonds is 1. The highest BCUT2D eigenvalue weighted by atomic mass is 16.6. The minimum Gasteiger partial charge on any atom is -0.311 e. The number of anilines is 1. The topological polar surface area (TPSA) is 85.8 Å². The van der Waals surface area contributed by atoms with Crippen LogP contribution in [0.4, 0.5) is 5.82 Å². The van der Waals surface area contributed by atoms with Gasteiger partial charge in [0.1, 0.15) is 16.9 Å². The molecule has 4 rings (SSSR count). The van der Waals surface area contributed by atoms with E-state index in [2.05, 4.69) is 20.7 Å². The second-order valence-electron chi connectivity index (χ2n) is 5.26. The minimum atomic E-state index is -0.0851. The van der Waals surface area contributed by atoms with Crippen LogP contribution in [0, 0.1) is 6.92 Å². The molecule has 2 aromatic heterocycles. The Kier molecular flexibility index (Phi) is 2.38. The number of hydrogen-bond acceptors (Lipinski definition) is 5. The normalized spacial score (nSPS) is 17.8. The van der Waals surface area contributed by atoms with Gasteiger partial charge < -0.3 is 5.32 Å². The zero-order chi connectivity index (χ0) is 14.6. The second-order valence-corrected chi connectivity index (χ2v) is 5.26. The van der Waals surface area contributed by atoms with E-state index in [-0.39, 0.29) is 11.8 Å². The van der Waals surface area contributed by atoms with Crippen molar-refractivity contribution in [2.24, 2.45) is 7.05 Å². The van der Waals surface area contributed by atoms with Gasteiger partial charge in [-0.05, 0) is 28.9 Å². The Morgan fingerprint density at radius 2 is 2.24 bits per heavy atom. The van der Waals surface area contributed by atoms with Gasteiger partial charge in [0.25, 0.3) is 0 Å². The number of hydrogen-bond donors (Lipinski definition) is 1. The van der Waals surface area contributed by atoms with Gasteiger partial charge in [0.2, 0.25) is 5.91 Å². The average molecular weight is 283 g/mol. The van der Waals surface area contributed by atoms with Crippen LogP contribution in [0.2, 0.25) is 0 Å². The molecule has 7 nitrogen and oxygen atoms in total. The smallest absolute Gasteiger partial charge is 0.226 e. The summed E-state index contributed by atoms with van der Waals surface area (Å²) in [7, 11) is 1.83. The maximum atomic E-state index is 12.0. The van der Waals surface area contributed by atoms with Crippen molar-refractivity contribution in [1.82, 2.24) is 20.1 Å². The fraction of sp³-hybridized carbons (Fsp3) is 0.286. The number of carbonyl (C=O) groups is 1. The summed E-state index contributed by atoms with van der Waals surface area (Å²) in [6.07, 6.45) is 0.367. The van der Waals surface area contributed by atoms with E-state index in [0.717, 1.165) is 22.6 Å². The van der Waals surface area contributed by atoms with Crippen molar-refractivity contribution in [1.29, 1.82) is 0 Å². The Balaban J connectivity index is 1.97. The quantitative estimate of drug-likeness (QED) is 0.735. The molecular weight excluding hydrogens is 270 g/mol. The molecule has 21 heavy (non-hydrogen) atoms. The van der Waals surface area contributed by atoms with Gasteiger partial charge in [0.15, 0.2) is 0 Å². The predicted molar refractivity (Wildman–Crippen MR) is 74.8 cm³/mol. The molecule has 1 unspecified atom stereocenters. The Labute approximate surface area is 119 Å². The zero-order valence-electron chi connectivity index (χ0n) is 11.6. The molecule has 0 radical (unpaired) electrons. The van der Waals surface area contributed by atoms with Crippen LogP contribution in [0.15, 0.2) is 22.8 Å². The van der Waals surface area contributed by atoms with Crippen LogP contribution in [-0.4, -0.2) is 26.0 Å². The molecule has 1 N–H and O–H groups in total. The number of nitrogens with one attached hydrogen (secondary N) is 1. The highest BCUT2D eigenvalue weighted by Gasteiger charge is 2.33. The Morgan fingerprint density at radius 3 is 3.10 bits per heavy atom. The highest BCUT2D eigenvalue weighted by molar-refractivity contribution is 5.95. The van der Waals surface area contributed by atoms with E-state index in [4.69, 9.17) is 4.63 Å². The lowest BCUT2D eigenvalue weighted by molar-refractivity contribution is -0.116. The average Bonchev–Trinajstić information content (AvgIpc) is 3.03. The van der Waals surface area contributed by atoms with Crippen molar-refractivity contribution >= 4 is 22.8 Å². The third-order valence-electron chi connectivity index (χ3n) is 3.96. The van der Waals surface area contributed by atoms with Gasteiger partial charge in [-0.25, -0.2) is 4.63 Å². The number of nitrogens with zero attached hydrogens (tertiary/aromatic N) is 4. The summed E-state index contributed by atoms with van der Waals surface area (Å²) in [5.41, 5.74) is 4.28. The van der Waals surface area contributed by atoms with Crippen molar-refractivity contribution in [3.8, 4) is 0 Å². The first kappa shape index (κ1) is 12.1. The lowest BCUT2D eigenvalue weighted by Gasteiger charge is -2.23. The first-order valence-electron chi connectivity index (χ1n) is 6.69. The van der Waals surface area contributed by atoms with Gasteiger partial charge in [-0.2, -0.15) is 5.10 Å². The van der Waals surface area contributed by atoms with Crippen LogP contribution in [0.1, 0.15) is 29.2 Å². The molecule has 1 atom stereocenters. The summed E-state index contributed by atoms with van der Waals surface area (Å²) >= 11 is 0. The van der Waals surface area contributed by atoms with Crippen molar-refractivity contribution in [2.75, 3.05) is 5.32 Å². The standard InChI is InChI=1S/C14H13N5O2/c1-7-12-9(6-11(20)15-14(12)19(2)16-7)8-4-3-5-10-13(8)18-21-17-10/h3-5,9H,6H2,1-2H3,(H,15,20). The number of carbonyl (C=O) groups excluding carboxylic acids is 1. The molecule has 0 bridgehead atoms. The molecule has 0 saturated heterocycles. The van der Waals surface area contributed by atoms with Crippen LogP contribution >= 0.6 is 0 Å². The van der Waals surface area contributed by atoms with Gasteiger partial charge in [-0.3, -0.25) is 9.48 Å². The molecule has 0 spiro atoms. The van der Waals surface area contributed by atoms with Crippen LogP contribution < -0.4 is 5.32 Å². The molecule has 0 aliphatic carbocycles. The Hall–Kier alpha value is -2.70. The first-order chi connectivity index (χ1) is 10.1. The molecule has 3 aromatic rings. The summed E-state index contributed by atoms with van der Waals surface area (Å²) in [6.45, 7) is 1.95. The monoisotopic (exact) mass is 283 g/mol. The molecule has 106 valence electrons. The fourth-order valence-corrected chi connectivity index (χ4v) is 3.08. The molecule has 3 heterocycles. The van der Waals surface area contributed by atoms with Crippen LogP contribution in [0.3, 0.4) is 0 Å². The van der Waals surface area contributed by atoms with Gasteiger partial charge >= 0.3 is 0 Å². The number of aromatic nitrogens is 4. The highest BCUT2D eigenvalue weighted by Crippen LogP contribution is 2.40. The zero-order valence-corrected chi connectivity index (χ0v) is 11.6. The minimum absolute atomic E-state index is 0.0241. The molecule has 1 aliphatic rings. The fourth-order valence-electron chi connectivity index (χ4n) is 3.08. The maximum Gasteiger partial charge on any atom is 0.226 e. The van der Waals surface area contributed by atoms with E-state index >= 15 is 0 Å². The molecule has 0 saturated carbocycles. The molecule has 1 amide bonds. The van der Waals surface area contributed by atoms with Gasteiger partial charge in [0.05, 0.1) is 5.69 Å². The number of fused-ring (bicyclic) bond motifs is 2. The van der Waals surface area contributed by atoms with E-state index in [1.165, 1.54) is 0 Å². The summed E-state index contributed by atoms with van der Waals surface area (Å²) < 4.78 is 6.53. The van der Waals surface area contributed by atoms with Crippen LogP contribution in [0.25, 0.3) is 11.0 Å². The molecule has 7 heteroatoms. The molecule has 1 aromatic carbocycles. The van der Waals surface area contributed by atoms with E-state index < -0.39 is 0 Å². The summed E-state index contributed by atoms with van der Waals surface area (Å²) in [5, 5.41) is 15.2. The van der Waals surface area contributed by atoms with E-state index in [0.29, 0.717) is 17.5 Å². The van der Waals surface area contributed by atoms with Crippen molar-refractivity contribution in [2.45, 2.75) is 19.3 Å². The van der Waals surface area contributed by atoms with Crippen molar-refractivity contribution < 1.29 is 9.42 Å². The largest absolute Gasteiger partial charge is 0.311 e. The maximum absolute atomic E-state index is 12.0. The summed E-state index contributed by atoms with van der Waals surface area (Å²) in [4.78, 5) is 12.0. The van der Waals surface area contributed by atoms with E-state index in [1.54, 1.807) is 4.68 Å². The summed E-state index contributed by atoms with van der Waals surface area (Å²) in [5.74, 6) is 0.643. The number of amides is 1. The van der Waals surface area contributed by atoms with Crippen molar-refractivity contribution in [3.63, 3.8) is 0 Å². The number of aryl methyl sites for hydroxylation is 2. The van der Waals surface area contributed by atoms with Crippen LogP contribution in [-0.2, 0) is 11.8 Å².